The molecule has 5 fully saturated rings. The van der Waals surface area contributed by atoms with E-state index in [4.69, 9.17) is 9.47 Å². The summed E-state index contributed by atoms with van der Waals surface area (Å²) in [5, 5.41) is 51.2. The third kappa shape index (κ3) is 4.62. The van der Waals surface area contributed by atoms with Crippen molar-refractivity contribution >= 4 is 5.97 Å². The number of rotatable bonds is 4. The van der Waals surface area contributed by atoms with Crippen LogP contribution >= 0.6 is 0 Å². The Bertz CT molecular complexity index is 1160. The van der Waals surface area contributed by atoms with Crippen LogP contribution in [0.15, 0.2) is 11.6 Å². The molecule has 1 heterocycles. The van der Waals surface area contributed by atoms with Crippen molar-refractivity contribution in [1.82, 2.24) is 0 Å². The third-order valence-corrected chi connectivity index (χ3v) is 14.9. The molecule has 5 aliphatic carbocycles. The van der Waals surface area contributed by atoms with Crippen molar-refractivity contribution in [3.63, 3.8) is 0 Å². The summed E-state index contributed by atoms with van der Waals surface area (Å²) in [6.45, 7) is 16.2. The number of carboxylic acid groups (broad SMARTS) is 1. The molecular formula is C36H58O8. The first-order valence-corrected chi connectivity index (χ1v) is 17.3. The first-order chi connectivity index (χ1) is 20.4. The van der Waals surface area contributed by atoms with Crippen LogP contribution in [-0.4, -0.2) is 74.9 Å². The molecular weight excluding hydrogens is 560 g/mol. The number of fused-ring (bicyclic) bond motifs is 7. The van der Waals surface area contributed by atoms with E-state index in [0.717, 1.165) is 57.8 Å². The summed E-state index contributed by atoms with van der Waals surface area (Å²) in [5.41, 5.74) is 1.62. The molecule has 5 N–H and O–H groups in total. The molecule has 8 heteroatoms. The van der Waals surface area contributed by atoms with Gasteiger partial charge in [0.2, 0.25) is 0 Å². The topological polar surface area (TPSA) is 137 Å². The largest absolute Gasteiger partial charge is 0.481 e. The van der Waals surface area contributed by atoms with Crippen molar-refractivity contribution in [2.45, 2.75) is 143 Å². The van der Waals surface area contributed by atoms with Gasteiger partial charge in [-0.2, -0.15) is 0 Å². The number of allylic oxidation sites excluding steroid dienone is 2. The van der Waals surface area contributed by atoms with Crippen LogP contribution in [-0.2, 0) is 14.3 Å². The Labute approximate surface area is 263 Å². The second kappa shape index (κ2) is 10.7. The number of hydrogen-bond donors (Lipinski definition) is 5. The van der Waals surface area contributed by atoms with Gasteiger partial charge in [-0.1, -0.05) is 60.1 Å². The molecule has 250 valence electrons. The molecule has 0 bridgehead atoms. The van der Waals surface area contributed by atoms with Gasteiger partial charge in [-0.25, -0.2) is 0 Å². The molecule has 4 saturated carbocycles. The first kappa shape index (κ1) is 32.9. The minimum absolute atomic E-state index is 0.0219. The minimum Gasteiger partial charge on any atom is -0.481 e. The lowest BCUT2D eigenvalue weighted by Crippen LogP contribution is -2.65. The summed E-state index contributed by atoms with van der Waals surface area (Å²) in [4.78, 5) is 12.4. The highest BCUT2D eigenvalue weighted by Gasteiger charge is 2.68. The summed E-state index contributed by atoms with van der Waals surface area (Å²) >= 11 is 0. The van der Waals surface area contributed by atoms with Crippen LogP contribution in [0.4, 0.5) is 0 Å². The van der Waals surface area contributed by atoms with E-state index in [1.54, 1.807) is 5.57 Å². The third-order valence-electron chi connectivity index (χ3n) is 14.9. The van der Waals surface area contributed by atoms with Crippen molar-refractivity contribution in [3.8, 4) is 0 Å². The lowest BCUT2D eigenvalue weighted by atomic mass is 9.34. The van der Waals surface area contributed by atoms with E-state index in [-0.39, 0.29) is 45.0 Å². The minimum atomic E-state index is -1.45. The molecule has 0 radical (unpaired) electrons. The first-order valence-electron chi connectivity index (χ1n) is 17.3. The van der Waals surface area contributed by atoms with E-state index in [9.17, 15) is 30.3 Å². The van der Waals surface area contributed by atoms with Crippen LogP contribution in [0.3, 0.4) is 0 Å². The van der Waals surface area contributed by atoms with Crippen molar-refractivity contribution in [2.75, 3.05) is 6.61 Å². The van der Waals surface area contributed by atoms with E-state index in [1.165, 1.54) is 0 Å². The summed E-state index contributed by atoms with van der Waals surface area (Å²) in [6.07, 6.45) is 4.95. The normalized spacial score (nSPS) is 52.9. The van der Waals surface area contributed by atoms with Gasteiger partial charge in [0.05, 0.1) is 18.6 Å². The van der Waals surface area contributed by atoms with Gasteiger partial charge in [0.15, 0.2) is 6.29 Å². The highest BCUT2D eigenvalue weighted by atomic mass is 16.7. The van der Waals surface area contributed by atoms with E-state index in [1.807, 2.05) is 0 Å². The predicted molar refractivity (Wildman–Crippen MR) is 165 cm³/mol. The molecule has 8 nitrogen and oxygen atoms in total. The maximum atomic E-state index is 12.4. The van der Waals surface area contributed by atoms with Crippen molar-refractivity contribution in [2.24, 2.45) is 56.7 Å². The maximum Gasteiger partial charge on any atom is 0.306 e. The van der Waals surface area contributed by atoms with Gasteiger partial charge < -0.3 is 35.0 Å². The molecule has 0 aromatic rings. The zero-order valence-corrected chi connectivity index (χ0v) is 28.0. The zero-order chi connectivity index (χ0) is 32.2. The fourth-order valence-corrected chi connectivity index (χ4v) is 12.4. The zero-order valence-electron chi connectivity index (χ0n) is 28.0. The van der Waals surface area contributed by atoms with Crippen LogP contribution in [0, 0.1) is 56.7 Å². The second-order valence-electron chi connectivity index (χ2n) is 17.8. The number of carbonyl (C=O) groups is 1. The fourth-order valence-electron chi connectivity index (χ4n) is 12.4. The molecule has 0 aromatic heterocycles. The maximum absolute atomic E-state index is 12.4. The highest BCUT2D eigenvalue weighted by Crippen LogP contribution is 2.74. The predicted octanol–water partition coefficient (Wildman–Crippen LogP) is 4.91. The molecule has 14 unspecified atom stereocenters. The van der Waals surface area contributed by atoms with Gasteiger partial charge in [-0.05, 0) is 109 Å². The molecule has 0 spiro atoms. The lowest BCUT2D eigenvalue weighted by Gasteiger charge is -2.71. The van der Waals surface area contributed by atoms with Crippen molar-refractivity contribution < 1.29 is 39.8 Å². The standard InChI is InChI=1S/C36H58O8/c1-32(2)16-20-19(21(17-32)30(41)42)10-14-35(6)22(20)8-9-25-34(5)13-12-26(33(3,4)24(34)11-15-36(25,35)7)44-31-29(40)28(39)27(38)23(18-37)43-31/h8,19-21,23-29,31,37-40H,9-18H2,1-7H3,(H,41,42). The van der Waals surface area contributed by atoms with E-state index >= 15 is 0 Å². The Morgan fingerprint density at radius 1 is 0.909 bits per heavy atom. The average molecular weight is 619 g/mol. The van der Waals surface area contributed by atoms with Gasteiger partial charge in [0.25, 0.3) is 0 Å². The fraction of sp³-hybridized carbons (Fsp3) is 0.917. The molecule has 0 aromatic carbocycles. The molecule has 0 amide bonds. The Morgan fingerprint density at radius 3 is 2.27 bits per heavy atom. The number of aliphatic hydroxyl groups excluding tert-OH is 4. The Balaban J connectivity index is 1.27. The van der Waals surface area contributed by atoms with Gasteiger partial charge in [-0.15, -0.1) is 0 Å². The lowest BCUT2D eigenvalue weighted by molar-refractivity contribution is -0.330. The van der Waals surface area contributed by atoms with Crippen molar-refractivity contribution in [1.29, 1.82) is 0 Å². The molecule has 1 aliphatic heterocycles. The number of ether oxygens (including phenoxy) is 2. The van der Waals surface area contributed by atoms with Gasteiger partial charge in [0.1, 0.15) is 24.4 Å². The van der Waals surface area contributed by atoms with E-state index in [2.05, 4.69) is 54.5 Å². The highest BCUT2D eigenvalue weighted by molar-refractivity contribution is 5.71. The summed E-state index contributed by atoms with van der Waals surface area (Å²) < 4.78 is 12.2. The van der Waals surface area contributed by atoms with Crippen LogP contribution in [0.2, 0.25) is 0 Å². The molecule has 6 aliphatic rings. The number of hydrogen-bond acceptors (Lipinski definition) is 7. The smallest absolute Gasteiger partial charge is 0.306 e. The van der Waals surface area contributed by atoms with Crippen LogP contribution in [0.25, 0.3) is 0 Å². The quantitative estimate of drug-likeness (QED) is 0.221. The molecule has 1 saturated heterocycles. The number of aliphatic carboxylic acids is 1. The molecule has 6 rings (SSSR count). The Kier molecular flexibility index (Phi) is 8.03. The SMILES string of the molecule is CC1(C)CC(C(=O)O)C2CCC3(C)C(=CCC4C5(C)CCC(OC6OC(CO)C(O)C(O)C6O)C(C)(C)C5CCC43C)C2C1. The van der Waals surface area contributed by atoms with Gasteiger partial charge in [0, 0.05) is 0 Å². The van der Waals surface area contributed by atoms with Gasteiger partial charge >= 0.3 is 5.97 Å². The monoisotopic (exact) mass is 618 g/mol. The average Bonchev–Trinajstić information content (AvgIpc) is 2.93. The second-order valence-corrected chi connectivity index (χ2v) is 17.8. The summed E-state index contributed by atoms with van der Waals surface area (Å²) in [6, 6.07) is 0. The number of carboxylic acids is 1. The molecule has 14 atom stereocenters. The Hall–Kier alpha value is -1.03. The summed E-state index contributed by atoms with van der Waals surface area (Å²) in [7, 11) is 0. The molecule has 44 heavy (non-hydrogen) atoms. The van der Waals surface area contributed by atoms with Crippen molar-refractivity contribution in [3.05, 3.63) is 11.6 Å². The van der Waals surface area contributed by atoms with Crippen LogP contribution in [0.1, 0.15) is 106 Å². The Morgan fingerprint density at radius 2 is 1.61 bits per heavy atom. The summed E-state index contributed by atoms with van der Waals surface area (Å²) in [5.74, 6) is 0.597. The van der Waals surface area contributed by atoms with E-state index < -0.39 is 43.3 Å². The van der Waals surface area contributed by atoms with Crippen LogP contribution < -0.4 is 0 Å². The van der Waals surface area contributed by atoms with Crippen LogP contribution in [0.5, 0.6) is 0 Å². The van der Waals surface area contributed by atoms with Gasteiger partial charge in [-0.3, -0.25) is 4.79 Å². The van der Waals surface area contributed by atoms with E-state index in [0.29, 0.717) is 17.8 Å². The number of aliphatic hydroxyl groups is 4.